The highest BCUT2D eigenvalue weighted by Gasteiger charge is 1.95. The topological polar surface area (TPSA) is 37.3 Å². The molecule has 2 heteroatoms. The molecule has 0 heterocycles. The lowest BCUT2D eigenvalue weighted by molar-refractivity contribution is -0.131. The van der Waals surface area contributed by atoms with Gasteiger partial charge in [-0.2, -0.15) is 0 Å². The second kappa shape index (κ2) is 9.86. The molecule has 1 aromatic carbocycles. The van der Waals surface area contributed by atoms with E-state index in [1.54, 1.807) is 6.08 Å². The second-order valence-corrected chi connectivity index (χ2v) is 4.72. The van der Waals surface area contributed by atoms with E-state index in [0.29, 0.717) is 0 Å². The van der Waals surface area contributed by atoms with Crippen molar-refractivity contribution >= 4 is 12.0 Å². The van der Waals surface area contributed by atoms with Crippen LogP contribution in [0.25, 0.3) is 6.08 Å². The van der Waals surface area contributed by atoms with Gasteiger partial charge in [0.05, 0.1) is 0 Å². The number of unbranched alkanes of at least 4 members (excludes halogenated alkanes) is 5. The van der Waals surface area contributed by atoms with Crippen molar-refractivity contribution in [2.24, 2.45) is 0 Å². The summed E-state index contributed by atoms with van der Waals surface area (Å²) in [6, 6.07) is 7.61. The molecular formula is C18H22O2. The van der Waals surface area contributed by atoms with Gasteiger partial charge in [-0.15, -0.1) is 0 Å². The van der Waals surface area contributed by atoms with Gasteiger partial charge in [0, 0.05) is 18.1 Å². The molecule has 0 unspecified atom stereocenters. The maximum atomic E-state index is 10.5. The second-order valence-electron chi connectivity index (χ2n) is 4.72. The first-order valence-corrected chi connectivity index (χ1v) is 7.23. The van der Waals surface area contributed by atoms with Gasteiger partial charge in [0.1, 0.15) is 0 Å². The average Bonchev–Trinajstić information content (AvgIpc) is 2.45. The predicted molar refractivity (Wildman–Crippen MR) is 83.4 cm³/mol. The van der Waals surface area contributed by atoms with Crippen LogP contribution in [0, 0.1) is 11.8 Å². The van der Waals surface area contributed by atoms with E-state index in [2.05, 4.69) is 18.8 Å². The van der Waals surface area contributed by atoms with Gasteiger partial charge >= 0.3 is 5.97 Å². The Kier molecular flexibility index (Phi) is 7.91. The van der Waals surface area contributed by atoms with Gasteiger partial charge in [0.15, 0.2) is 0 Å². The fraction of sp³-hybridized carbons (Fsp3) is 0.389. The molecule has 0 atom stereocenters. The van der Waals surface area contributed by atoms with Crippen LogP contribution in [0.1, 0.15) is 56.6 Å². The molecule has 0 saturated heterocycles. The minimum Gasteiger partial charge on any atom is -0.478 e. The van der Waals surface area contributed by atoms with Gasteiger partial charge in [-0.1, -0.05) is 62.6 Å². The summed E-state index contributed by atoms with van der Waals surface area (Å²) in [4.78, 5) is 10.5. The summed E-state index contributed by atoms with van der Waals surface area (Å²) in [6.45, 7) is 2.21. The van der Waals surface area contributed by atoms with Gasteiger partial charge < -0.3 is 5.11 Å². The molecule has 1 rings (SSSR count). The number of benzene rings is 1. The summed E-state index contributed by atoms with van der Waals surface area (Å²) in [5.41, 5.74) is 1.74. The van der Waals surface area contributed by atoms with E-state index in [9.17, 15) is 4.79 Å². The van der Waals surface area contributed by atoms with Gasteiger partial charge in [-0.3, -0.25) is 0 Å². The number of carboxylic acid groups (broad SMARTS) is 1. The van der Waals surface area contributed by atoms with Crippen LogP contribution < -0.4 is 0 Å². The third-order valence-corrected chi connectivity index (χ3v) is 2.99. The summed E-state index contributed by atoms with van der Waals surface area (Å²) in [5, 5.41) is 8.66. The zero-order valence-corrected chi connectivity index (χ0v) is 12.1. The molecule has 1 aromatic rings. The quantitative estimate of drug-likeness (QED) is 0.450. The van der Waals surface area contributed by atoms with Crippen molar-refractivity contribution in [3.8, 4) is 11.8 Å². The maximum Gasteiger partial charge on any atom is 0.328 e. The van der Waals surface area contributed by atoms with E-state index >= 15 is 0 Å². The van der Waals surface area contributed by atoms with E-state index in [4.69, 9.17) is 5.11 Å². The van der Waals surface area contributed by atoms with Gasteiger partial charge in [-0.05, 0) is 24.1 Å². The maximum absolute atomic E-state index is 10.5. The summed E-state index contributed by atoms with van der Waals surface area (Å²) >= 11 is 0. The van der Waals surface area contributed by atoms with Crippen molar-refractivity contribution in [2.45, 2.75) is 45.4 Å². The zero-order chi connectivity index (χ0) is 14.6. The minimum absolute atomic E-state index is 0.855. The Morgan fingerprint density at radius 1 is 1.20 bits per heavy atom. The standard InChI is InChI=1S/C18H22O2/c1-2-3-4-5-6-7-8-11-16-12-9-10-13-17(16)14-15-18(19)20/h9-10,12-15H,2-7H2,1H3,(H,19,20)/b15-14+. The minimum atomic E-state index is -0.941. The van der Waals surface area contributed by atoms with Crippen LogP contribution in [0.3, 0.4) is 0 Å². The lowest BCUT2D eigenvalue weighted by Gasteiger charge is -1.97. The smallest absolute Gasteiger partial charge is 0.328 e. The summed E-state index contributed by atoms with van der Waals surface area (Å²) in [5.74, 6) is 5.37. The number of hydrogen-bond acceptors (Lipinski definition) is 1. The number of hydrogen-bond donors (Lipinski definition) is 1. The lowest BCUT2D eigenvalue weighted by Crippen LogP contribution is -1.87. The molecule has 2 nitrogen and oxygen atoms in total. The zero-order valence-electron chi connectivity index (χ0n) is 12.1. The Labute approximate surface area is 121 Å². The van der Waals surface area contributed by atoms with Crippen LogP contribution in [-0.2, 0) is 4.79 Å². The summed E-state index contributed by atoms with van der Waals surface area (Å²) < 4.78 is 0. The molecule has 0 aliphatic heterocycles. The number of rotatable bonds is 7. The summed E-state index contributed by atoms with van der Waals surface area (Å²) in [7, 11) is 0. The van der Waals surface area contributed by atoms with Crippen LogP contribution in [0.4, 0.5) is 0 Å². The molecule has 0 spiro atoms. The Morgan fingerprint density at radius 2 is 1.95 bits per heavy atom. The van der Waals surface area contributed by atoms with Crippen molar-refractivity contribution in [3.63, 3.8) is 0 Å². The van der Waals surface area contributed by atoms with E-state index in [1.165, 1.54) is 25.7 Å². The lowest BCUT2D eigenvalue weighted by atomic mass is 10.1. The molecule has 20 heavy (non-hydrogen) atoms. The SMILES string of the molecule is CCCCCCCC#Cc1ccccc1/C=C/C(=O)O. The van der Waals surface area contributed by atoms with E-state index in [0.717, 1.165) is 30.0 Å². The Morgan fingerprint density at radius 3 is 2.70 bits per heavy atom. The first-order valence-electron chi connectivity index (χ1n) is 7.23. The number of carboxylic acids is 1. The van der Waals surface area contributed by atoms with E-state index in [1.807, 2.05) is 24.3 Å². The van der Waals surface area contributed by atoms with Crippen LogP contribution >= 0.6 is 0 Å². The highest BCUT2D eigenvalue weighted by Crippen LogP contribution is 2.10. The first kappa shape index (κ1) is 16.0. The molecule has 0 radical (unpaired) electrons. The summed E-state index contributed by atoms with van der Waals surface area (Å²) in [6.07, 6.45) is 9.87. The van der Waals surface area contributed by atoms with Crippen LogP contribution in [0.2, 0.25) is 0 Å². The molecule has 0 amide bonds. The Hall–Kier alpha value is -2.01. The van der Waals surface area contributed by atoms with Crippen LogP contribution in [0.15, 0.2) is 30.3 Å². The highest BCUT2D eigenvalue weighted by molar-refractivity contribution is 5.85. The fourth-order valence-corrected chi connectivity index (χ4v) is 1.89. The Balaban J connectivity index is 2.53. The monoisotopic (exact) mass is 270 g/mol. The van der Waals surface area contributed by atoms with Crippen molar-refractivity contribution in [2.75, 3.05) is 0 Å². The van der Waals surface area contributed by atoms with Gasteiger partial charge in [-0.25, -0.2) is 4.79 Å². The Bertz CT molecular complexity index is 504. The van der Waals surface area contributed by atoms with Crippen molar-refractivity contribution in [1.29, 1.82) is 0 Å². The molecule has 0 saturated carbocycles. The normalized spacial score (nSPS) is 10.2. The van der Waals surface area contributed by atoms with Crippen molar-refractivity contribution in [1.82, 2.24) is 0 Å². The number of carbonyl (C=O) groups is 1. The van der Waals surface area contributed by atoms with E-state index in [-0.39, 0.29) is 0 Å². The molecule has 0 bridgehead atoms. The molecule has 0 aliphatic rings. The first-order chi connectivity index (χ1) is 9.74. The third kappa shape index (κ3) is 6.80. The number of aliphatic carboxylic acids is 1. The van der Waals surface area contributed by atoms with Crippen LogP contribution in [-0.4, -0.2) is 11.1 Å². The average molecular weight is 270 g/mol. The predicted octanol–water partition coefficient (Wildman–Crippen LogP) is 4.50. The highest BCUT2D eigenvalue weighted by atomic mass is 16.4. The van der Waals surface area contributed by atoms with Crippen LogP contribution in [0.5, 0.6) is 0 Å². The molecule has 0 aliphatic carbocycles. The largest absolute Gasteiger partial charge is 0.478 e. The molecule has 0 aromatic heterocycles. The fourth-order valence-electron chi connectivity index (χ4n) is 1.89. The third-order valence-electron chi connectivity index (χ3n) is 2.99. The van der Waals surface area contributed by atoms with Gasteiger partial charge in [0.2, 0.25) is 0 Å². The molecule has 0 fully saturated rings. The molecular weight excluding hydrogens is 248 g/mol. The molecule has 1 N–H and O–H groups in total. The van der Waals surface area contributed by atoms with E-state index < -0.39 is 5.97 Å². The van der Waals surface area contributed by atoms with Crippen molar-refractivity contribution in [3.05, 3.63) is 41.5 Å². The van der Waals surface area contributed by atoms with Crippen molar-refractivity contribution < 1.29 is 9.90 Å². The molecule has 106 valence electrons. The van der Waals surface area contributed by atoms with Gasteiger partial charge in [0.25, 0.3) is 0 Å².